The van der Waals surface area contributed by atoms with Gasteiger partial charge in [0.1, 0.15) is 11.1 Å². The van der Waals surface area contributed by atoms with Crippen LogP contribution in [0.15, 0.2) is 18.6 Å². The van der Waals surface area contributed by atoms with Crippen LogP contribution >= 0.6 is 11.6 Å². The highest BCUT2D eigenvalue weighted by atomic mass is 35.5. The first kappa shape index (κ1) is 21.9. The van der Waals surface area contributed by atoms with Gasteiger partial charge >= 0.3 is 0 Å². The zero-order chi connectivity index (χ0) is 22.3. The second kappa shape index (κ2) is 8.77. The van der Waals surface area contributed by atoms with E-state index in [1.165, 1.54) is 6.20 Å². The zero-order valence-electron chi connectivity index (χ0n) is 17.8. The summed E-state index contributed by atoms with van der Waals surface area (Å²) in [5.41, 5.74) is 0.759. The average molecular weight is 483 g/mol. The van der Waals surface area contributed by atoms with E-state index in [2.05, 4.69) is 25.7 Å². The Labute approximate surface area is 192 Å². The normalized spacial score (nSPS) is 27.8. The van der Waals surface area contributed by atoms with Crippen molar-refractivity contribution < 1.29 is 17.9 Å². The van der Waals surface area contributed by atoms with Crippen molar-refractivity contribution in [2.45, 2.75) is 37.5 Å². The van der Waals surface area contributed by atoms with E-state index in [4.69, 9.17) is 21.1 Å². The van der Waals surface area contributed by atoms with Gasteiger partial charge in [0.2, 0.25) is 5.95 Å². The average Bonchev–Trinajstić information content (AvgIpc) is 3.40. The van der Waals surface area contributed by atoms with Crippen LogP contribution in [0.3, 0.4) is 0 Å². The number of aryl methyl sites for hydroxylation is 1. The summed E-state index contributed by atoms with van der Waals surface area (Å²) < 4.78 is 38.8. The van der Waals surface area contributed by atoms with Gasteiger partial charge in [-0.15, -0.1) is 0 Å². The summed E-state index contributed by atoms with van der Waals surface area (Å²) in [6, 6.07) is -0.182. The van der Waals surface area contributed by atoms with E-state index in [1.54, 1.807) is 10.9 Å². The lowest BCUT2D eigenvalue weighted by molar-refractivity contribution is 0.0656. The van der Waals surface area contributed by atoms with E-state index in [1.807, 2.05) is 13.2 Å². The van der Waals surface area contributed by atoms with Gasteiger partial charge in [0.15, 0.2) is 15.7 Å². The first-order chi connectivity index (χ1) is 15.4. The molecule has 4 unspecified atom stereocenters. The highest BCUT2D eigenvalue weighted by molar-refractivity contribution is 7.91. The summed E-state index contributed by atoms with van der Waals surface area (Å²) in [4.78, 5) is 8.68. The maximum Gasteiger partial charge on any atom is 0.229 e. The van der Waals surface area contributed by atoms with Crippen molar-refractivity contribution in [3.63, 3.8) is 0 Å². The molecule has 174 valence electrons. The second-order valence-electron chi connectivity index (χ2n) is 8.90. The van der Waals surface area contributed by atoms with Crippen LogP contribution in [0.2, 0.25) is 5.02 Å². The van der Waals surface area contributed by atoms with Crippen LogP contribution in [0.5, 0.6) is 0 Å². The molecule has 1 saturated carbocycles. The fourth-order valence-electron chi connectivity index (χ4n) is 4.58. The van der Waals surface area contributed by atoms with Gasteiger partial charge < -0.3 is 20.1 Å². The molecular weight excluding hydrogens is 456 g/mol. The number of nitrogens with one attached hydrogen (secondary N) is 2. The number of hydrogen-bond acceptors (Lipinski definition) is 9. The lowest BCUT2D eigenvalue weighted by Gasteiger charge is -2.25. The number of aromatic nitrogens is 4. The Morgan fingerprint density at radius 1 is 1.19 bits per heavy atom. The largest absolute Gasteiger partial charge is 0.373 e. The molecule has 3 fully saturated rings. The highest BCUT2D eigenvalue weighted by Gasteiger charge is 2.49. The van der Waals surface area contributed by atoms with Crippen LogP contribution < -0.4 is 10.6 Å². The van der Waals surface area contributed by atoms with Crippen LogP contribution in [0.4, 0.5) is 17.5 Å². The van der Waals surface area contributed by atoms with Crippen molar-refractivity contribution in [1.82, 2.24) is 19.7 Å². The lowest BCUT2D eigenvalue weighted by atomic mass is 9.87. The number of rotatable bonds is 8. The molecule has 0 radical (unpaired) electrons. The Balaban J connectivity index is 1.22. The van der Waals surface area contributed by atoms with Gasteiger partial charge in [0.05, 0.1) is 54.9 Å². The smallest absolute Gasteiger partial charge is 0.229 e. The molecule has 2 aliphatic heterocycles. The zero-order valence-corrected chi connectivity index (χ0v) is 19.3. The number of halogens is 1. The highest BCUT2D eigenvalue weighted by Crippen LogP contribution is 2.35. The molecule has 12 heteroatoms. The fraction of sp³-hybridized carbons (Fsp3) is 0.650. The van der Waals surface area contributed by atoms with Crippen molar-refractivity contribution in [1.29, 1.82) is 0 Å². The summed E-state index contributed by atoms with van der Waals surface area (Å²) >= 11 is 6.32. The van der Waals surface area contributed by atoms with Crippen LogP contribution in [-0.2, 0) is 26.4 Å². The Morgan fingerprint density at radius 2 is 2.00 bits per heavy atom. The summed E-state index contributed by atoms with van der Waals surface area (Å²) in [6.07, 6.45) is 7.68. The van der Waals surface area contributed by atoms with E-state index in [-0.39, 0.29) is 35.7 Å². The lowest BCUT2D eigenvalue weighted by Crippen LogP contribution is -2.37. The van der Waals surface area contributed by atoms with Crippen molar-refractivity contribution in [3.05, 3.63) is 23.6 Å². The molecule has 0 bridgehead atoms. The van der Waals surface area contributed by atoms with E-state index < -0.39 is 9.84 Å². The fourth-order valence-corrected chi connectivity index (χ4v) is 6.85. The quantitative estimate of drug-likeness (QED) is 0.582. The van der Waals surface area contributed by atoms with Gasteiger partial charge in [-0.05, 0) is 18.8 Å². The molecule has 2 aromatic rings. The molecule has 2 aromatic heterocycles. The molecule has 0 amide bonds. The molecule has 2 saturated heterocycles. The molecule has 0 spiro atoms. The van der Waals surface area contributed by atoms with E-state index >= 15 is 0 Å². The van der Waals surface area contributed by atoms with E-state index in [0.717, 1.165) is 24.9 Å². The molecular formula is C20H27ClN6O4S. The van der Waals surface area contributed by atoms with E-state index in [9.17, 15) is 8.42 Å². The van der Waals surface area contributed by atoms with Crippen molar-refractivity contribution in [2.24, 2.45) is 18.9 Å². The first-order valence-corrected chi connectivity index (χ1v) is 13.0. The predicted molar refractivity (Wildman–Crippen MR) is 120 cm³/mol. The van der Waals surface area contributed by atoms with Gasteiger partial charge in [-0.3, -0.25) is 4.68 Å². The second-order valence-corrected chi connectivity index (χ2v) is 11.5. The number of hydrogen-bond donors (Lipinski definition) is 2. The summed E-state index contributed by atoms with van der Waals surface area (Å²) in [5, 5.41) is 10.9. The standard InChI is InChI=1S/C20H27ClN6O4S/c1-27-7-14(5-23-27)24-20-22-6-15(21)19(26-20)25-16-9-31-17-13(8-30-18(16)17)11-32(28,29)10-12-3-2-4-12/h5-7,12-13,16-18H,2-4,8-11H2,1H3,(H2,22,24,25,26). The van der Waals surface area contributed by atoms with Gasteiger partial charge in [-0.2, -0.15) is 10.1 Å². The predicted octanol–water partition coefficient (Wildman–Crippen LogP) is 2.02. The van der Waals surface area contributed by atoms with Crippen molar-refractivity contribution >= 4 is 38.9 Å². The maximum atomic E-state index is 12.6. The van der Waals surface area contributed by atoms with Crippen LogP contribution in [0, 0.1) is 11.8 Å². The van der Waals surface area contributed by atoms with Crippen molar-refractivity contribution in [2.75, 3.05) is 35.4 Å². The number of ether oxygens (including phenoxy) is 2. The topological polar surface area (TPSA) is 120 Å². The third-order valence-corrected chi connectivity index (χ3v) is 8.56. The Bertz CT molecular complexity index is 1080. The molecule has 1 aliphatic carbocycles. The molecule has 2 N–H and O–H groups in total. The molecule has 10 nitrogen and oxygen atoms in total. The summed E-state index contributed by atoms with van der Waals surface area (Å²) in [5.74, 6) is 1.42. The number of anilines is 3. The van der Waals surface area contributed by atoms with Crippen molar-refractivity contribution in [3.8, 4) is 0 Å². The third kappa shape index (κ3) is 4.70. The third-order valence-electron chi connectivity index (χ3n) is 6.37. The van der Waals surface area contributed by atoms with Crippen LogP contribution in [-0.4, -0.2) is 71.1 Å². The maximum absolute atomic E-state index is 12.6. The minimum atomic E-state index is -3.12. The van der Waals surface area contributed by atoms with Crippen LogP contribution in [0.25, 0.3) is 0 Å². The van der Waals surface area contributed by atoms with Crippen LogP contribution in [0.1, 0.15) is 19.3 Å². The Morgan fingerprint density at radius 3 is 2.72 bits per heavy atom. The number of fused-ring (bicyclic) bond motifs is 1. The summed E-state index contributed by atoms with van der Waals surface area (Å²) in [6.45, 7) is 0.767. The molecule has 3 aliphatic rings. The molecule has 4 atom stereocenters. The molecule has 4 heterocycles. The SMILES string of the molecule is Cn1cc(Nc2ncc(Cl)c(NC3COC4C(CS(=O)(=O)CC5CCC5)COC34)n2)cn1. The molecule has 0 aromatic carbocycles. The van der Waals surface area contributed by atoms with Gasteiger partial charge in [-0.1, -0.05) is 18.0 Å². The van der Waals surface area contributed by atoms with Gasteiger partial charge in [-0.25, -0.2) is 13.4 Å². The minimum absolute atomic E-state index is 0.116. The monoisotopic (exact) mass is 482 g/mol. The van der Waals surface area contributed by atoms with E-state index in [0.29, 0.717) is 35.9 Å². The Kier molecular flexibility index (Phi) is 5.99. The number of sulfone groups is 1. The van der Waals surface area contributed by atoms with Gasteiger partial charge in [0, 0.05) is 19.2 Å². The Hall–Kier alpha value is -1.95. The molecule has 5 rings (SSSR count). The molecule has 32 heavy (non-hydrogen) atoms. The van der Waals surface area contributed by atoms with Gasteiger partial charge in [0.25, 0.3) is 0 Å². The first-order valence-electron chi connectivity index (χ1n) is 10.8. The summed E-state index contributed by atoms with van der Waals surface area (Å²) in [7, 11) is -1.29. The number of nitrogens with zero attached hydrogens (tertiary/aromatic N) is 4. The minimum Gasteiger partial charge on any atom is -0.373 e.